The lowest BCUT2D eigenvalue weighted by Gasteiger charge is -2.34. The molecule has 0 aliphatic carbocycles. The Morgan fingerprint density at radius 2 is 1.94 bits per heavy atom. The average Bonchev–Trinajstić information content (AvgIpc) is 3.29. The van der Waals surface area contributed by atoms with E-state index < -0.39 is 0 Å². The number of nitrogens with zero attached hydrogens (tertiary/aromatic N) is 6. The molecule has 0 bridgehead atoms. The number of fused-ring (bicyclic) bond motifs is 1. The fraction of sp³-hybridized carbons (Fsp3) is 0.524. The van der Waals surface area contributed by atoms with Crippen molar-refractivity contribution in [1.29, 1.82) is 0 Å². The lowest BCUT2D eigenvalue weighted by molar-refractivity contribution is -0.123. The van der Waals surface area contributed by atoms with Crippen molar-refractivity contribution in [2.75, 3.05) is 32.7 Å². The van der Waals surface area contributed by atoms with E-state index in [0.717, 1.165) is 52.4 Å². The molecule has 1 amide bonds. The number of carbonyl (C=O) groups excluding carboxylic acids is 1. The number of para-hydroxylation sites is 1. The van der Waals surface area contributed by atoms with Crippen LogP contribution in [0.25, 0.3) is 10.2 Å². The molecule has 0 spiro atoms. The summed E-state index contributed by atoms with van der Waals surface area (Å²) in [4.78, 5) is 21.2. The Morgan fingerprint density at radius 1 is 1.22 bits per heavy atom. The number of hydrogen-bond acceptors (Lipinski definition) is 8. The van der Waals surface area contributed by atoms with Crippen LogP contribution in [0.5, 0.6) is 0 Å². The highest BCUT2D eigenvalue weighted by molar-refractivity contribution is 8.00. The highest BCUT2D eigenvalue weighted by Gasteiger charge is 2.20. The smallest absolute Gasteiger partial charge is 0.234 e. The van der Waals surface area contributed by atoms with Gasteiger partial charge in [-0.05, 0) is 38.2 Å². The molecule has 3 heterocycles. The molecular weight excluding hydrogens is 462 g/mol. The molecular formula is C21H29N7OS3. The molecule has 1 fully saturated rings. The van der Waals surface area contributed by atoms with E-state index in [0.29, 0.717) is 13.2 Å². The Kier molecular flexibility index (Phi) is 7.62. The van der Waals surface area contributed by atoms with Crippen LogP contribution in [0, 0.1) is 4.77 Å². The van der Waals surface area contributed by atoms with E-state index in [1.807, 2.05) is 48.3 Å². The molecule has 3 aromatic rings. The van der Waals surface area contributed by atoms with Gasteiger partial charge in [-0.3, -0.25) is 14.6 Å². The van der Waals surface area contributed by atoms with Gasteiger partial charge >= 0.3 is 0 Å². The van der Waals surface area contributed by atoms with Crippen LogP contribution >= 0.6 is 35.3 Å². The summed E-state index contributed by atoms with van der Waals surface area (Å²) in [7, 11) is 1.98. The van der Waals surface area contributed by atoms with Crippen molar-refractivity contribution in [1.82, 2.24) is 34.4 Å². The molecule has 0 radical (unpaired) electrons. The lowest BCUT2D eigenvalue weighted by Crippen LogP contribution is -2.50. The van der Waals surface area contributed by atoms with Gasteiger partial charge in [0.2, 0.25) is 5.91 Å². The van der Waals surface area contributed by atoms with Crippen molar-refractivity contribution in [2.45, 2.75) is 36.7 Å². The number of thioether (sulfide) groups is 1. The first-order valence-corrected chi connectivity index (χ1v) is 12.9. The van der Waals surface area contributed by atoms with Gasteiger partial charge in [-0.1, -0.05) is 23.9 Å². The zero-order chi connectivity index (χ0) is 22.7. The van der Waals surface area contributed by atoms with Gasteiger partial charge in [-0.15, -0.1) is 11.3 Å². The summed E-state index contributed by atoms with van der Waals surface area (Å²) in [6.45, 7) is 8.62. The van der Waals surface area contributed by atoms with E-state index in [1.54, 1.807) is 23.1 Å². The van der Waals surface area contributed by atoms with E-state index in [-0.39, 0.29) is 11.9 Å². The first-order chi connectivity index (χ1) is 15.4. The first kappa shape index (κ1) is 23.4. The second-order valence-corrected chi connectivity index (χ2v) is 10.9. The molecule has 1 N–H and O–H groups in total. The summed E-state index contributed by atoms with van der Waals surface area (Å²) in [6, 6.07) is 8.38. The van der Waals surface area contributed by atoms with E-state index in [1.165, 1.54) is 4.70 Å². The number of nitrogens with one attached hydrogen (secondary N) is 1. The molecule has 2 aromatic heterocycles. The van der Waals surface area contributed by atoms with Crippen LogP contribution in [0.3, 0.4) is 0 Å². The van der Waals surface area contributed by atoms with Gasteiger partial charge in [0.25, 0.3) is 0 Å². The maximum absolute atomic E-state index is 12.0. The fourth-order valence-electron chi connectivity index (χ4n) is 3.64. The second kappa shape index (κ2) is 10.4. The molecule has 8 nitrogen and oxygen atoms in total. The summed E-state index contributed by atoms with van der Waals surface area (Å²) in [6.07, 6.45) is 0. The lowest BCUT2D eigenvalue weighted by atomic mass is 10.3. The molecule has 1 aliphatic heterocycles. The van der Waals surface area contributed by atoms with Gasteiger partial charge in [0.15, 0.2) is 9.11 Å². The van der Waals surface area contributed by atoms with Crippen molar-refractivity contribution in [2.24, 2.45) is 7.05 Å². The predicted octanol–water partition coefficient (Wildman–Crippen LogP) is 2.95. The van der Waals surface area contributed by atoms with Gasteiger partial charge in [0.05, 0.1) is 29.2 Å². The molecule has 0 atom stereocenters. The van der Waals surface area contributed by atoms with Crippen LogP contribution in [0.15, 0.2) is 28.6 Å². The quantitative estimate of drug-likeness (QED) is 0.384. The maximum Gasteiger partial charge on any atom is 0.234 e. The molecule has 1 aliphatic rings. The predicted molar refractivity (Wildman–Crippen MR) is 133 cm³/mol. The zero-order valence-electron chi connectivity index (χ0n) is 18.7. The largest absolute Gasteiger partial charge is 0.353 e. The minimum absolute atomic E-state index is 0.0932. The average molecular weight is 492 g/mol. The van der Waals surface area contributed by atoms with Gasteiger partial charge < -0.3 is 9.88 Å². The van der Waals surface area contributed by atoms with E-state index in [2.05, 4.69) is 21.2 Å². The van der Waals surface area contributed by atoms with Crippen molar-refractivity contribution in [3.63, 3.8) is 0 Å². The number of aromatic nitrogens is 4. The molecule has 4 rings (SSSR count). The number of rotatable bonds is 8. The van der Waals surface area contributed by atoms with Gasteiger partial charge in [0.1, 0.15) is 5.82 Å². The fourth-order valence-corrected chi connectivity index (χ4v) is 5.89. The number of carbonyl (C=O) groups is 1. The van der Waals surface area contributed by atoms with E-state index in [4.69, 9.17) is 22.3 Å². The maximum atomic E-state index is 12.0. The van der Waals surface area contributed by atoms with Crippen molar-refractivity contribution in [3.8, 4) is 0 Å². The van der Waals surface area contributed by atoms with Crippen LogP contribution < -0.4 is 5.32 Å². The monoisotopic (exact) mass is 491 g/mol. The highest BCUT2D eigenvalue weighted by Crippen LogP contribution is 2.31. The Morgan fingerprint density at radius 3 is 2.66 bits per heavy atom. The number of amides is 1. The first-order valence-electron chi connectivity index (χ1n) is 10.7. The molecule has 1 saturated heterocycles. The summed E-state index contributed by atoms with van der Waals surface area (Å²) in [5.74, 6) is 1.77. The summed E-state index contributed by atoms with van der Waals surface area (Å²) >= 11 is 9.04. The van der Waals surface area contributed by atoms with Crippen LogP contribution in [0.4, 0.5) is 0 Å². The Labute approximate surface area is 201 Å². The Bertz CT molecular complexity index is 1100. The molecule has 32 heavy (non-hydrogen) atoms. The minimum atomic E-state index is 0.0932. The molecule has 0 saturated carbocycles. The van der Waals surface area contributed by atoms with Crippen LogP contribution in [-0.2, 0) is 24.3 Å². The third-order valence-corrected chi connectivity index (χ3v) is 8.01. The molecule has 172 valence electrons. The van der Waals surface area contributed by atoms with E-state index >= 15 is 0 Å². The van der Waals surface area contributed by atoms with Gasteiger partial charge in [-0.2, -0.15) is 5.10 Å². The Hall–Kier alpha value is -1.79. The normalized spacial score (nSPS) is 15.6. The molecule has 11 heteroatoms. The van der Waals surface area contributed by atoms with Crippen molar-refractivity contribution in [3.05, 3.63) is 34.9 Å². The minimum Gasteiger partial charge on any atom is -0.353 e. The second-order valence-electron chi connectivity index (χ2n) is 8.25. The number of thiazole rings is 1. The third kappa shape index (κ3) is 5.76. The topological polar surface area (TPSA) is 71.2 Å². The third-order valence-electron chi connectivity index (χ3n) is 5.35. The SMILES string of the molecule is CC(C)NC(=O)CN1CCN(Cn2nc(CSc3nc4ccccc4s3)n(C)c2=S)CC1. The number of benzene rings is 1. The van der Waals surface area contributed by atoms with Crippen LogP contribution in [0.2, 0.25) is 0 Å². The summed E-state index contributed by atoms with van der Waals surface area (Å²) < 4.78 is 6.87. The molecule has 1 aromatic carbocycles. The van der Waals surface area contributed by atoms with Gasteiger partial charge in [-0.25, -0.2) is 9.67 Å². The highest BCUT2D eigenvalue weighted by atomic mass is 32.2. The zero-order valence-corrected chi connectivity index (χ0v) is 21.1. The number of hydrogen-bond donors (Lipinski definition) is 1. The van der Waals surface area contributed by atoms with Crippen molar-refractivity contribution < 1.29 is 4.79 Å². The van der Waals surface area contributed by atoms with E-state index in [9.17, 15) is 4.79 Å². The Balaban J connectivity index is 1.31. The van der Waals surface area contributed by atoms with Gasteiger partial charge in [0, 0.05) is 39.3 Å². The van der Waals surface area contributed by atoms with Crippen molar-refractivity contribution >= 4 is 51.4 Å². The van der Waals surface area contributed by atoms with Crippen LogP contribution in [-0.4, -0.2) is 73.8 Å². The molecule has 0 unspecified atom stereocenters. The summed E-state index contributed by atoms with van der Waals surface area (Å²) in [5.41, 5.74) is 1.04. The van der Waals surface area contributed by atoms with Crippen LogP contribution in [0.1, 0.15) is 19.7 Å². The summed E-state index contributed by atoms with van der Waals surface area (Å²) in [5, 5.41) is 7.74. The number of piperazine rings is 1. The standard InChI is InChI=1S/C21H29N7OS3/c1-15(2)22-19(29)12-26-8-10-27(11-9-26)14-28-21(30)25(3)18(24-28)13-31-20-23-16-6-4-5-7-17(16)32-20/h4-7,15H,8-14H2,1-3H3,(H,22,29).